The lowest BCUT2D eigenvalue weighted by Gasteiger charge is -2.16. The van der Waals surface area contributed by atoms with Crippen LogP contribution in [0.3, 0.4) is 0 Å². The van der Waals surface area contributed by atoms with E-state index >= 15 is 0 Å². The third-order valence-corrected chi connectivity index (χ3v) is 4.53. The Morgan fingerprint density at radius 3 is 2.33 bits per heavy atom. The number of nitrogens with zero attached hydrogens (tertiary/aromatic N) is 4. The van der Waals surface area contributed by atoms with Gasteiger partial charge in [-0.05, 0) is 24.3 Å². The lowest BCUT2D eigenvalue weighted by Crippen LogP contribution is -2.35. The minimum absolute atomic E-state index is 0.107. The predicted molar refractivity (Wildman–Crippen MR) is 103 cm³/mol. The standard InChI is InChI=1S/C20H17FN4O2/c1-23(2)25-10-8-18-15(20(25)27)11-14-17(22-18)7-9-24(19(14)26)12-13-5-3-4-6-16(13)21/h3-11H,12H2,1-2H3. The molecule has 0 amide bonds. The van der Waals surface area contributed by atoms with Crippen LogP contribution in [0.25, 0.3) is 21.8 Å². The predicted octanol–water partition coefficient (Wildman–Crippen LogP) is 2.10. The van der Waals surface area contributed by atoms with Crippen molar-refractivity contribution in [2.24, 2.45) is 0 Å². The van der Waals surface area contributed by atoms with E-state index in [1.54, 1.807) is 67.9 Å². The molecule has 0 aliphatic rings. The van der Waals surface area contributed by atoms with E-state index in [2.05, 4.69) is 4.98 Å². The Hall–Kier alpha value is -3.48. The fourth-order valence-corrected chi connectivity index (χ4v) is 3.10. The van der Waals surface area contributed by atoms with Crippen LogP contribution in [0.5, 0.6) is 0 Å². The van der Waals surface area contributed by atoms with Crippen LogP contribution >= 0.6 is 0 Å². The van der Waals surface area contributed by atoms with Gasteiger partial charge in [0.1, 0.15) is 5.82 Å². The van der Waals surface area contributed by atoms with Crippen molar-refractivity contribution >= 4 is 21.8 Å². The molecule has 6 nitrogen and oxygen atoms in total. The van der Waals surface area contributed by atoms with Gasteiger partial charge in [0, 0.05) is 32.1 Å². The van der Waals surface area contributed by atoms with Crippen molar-refractivity contribution in [2.75, 3.05) is 19.1 Å². The second-order valence-corrected chi connectivity index (χ2v) is 6.51. The molecule has 0 saturated carbocycles. The number of pyridine rings is 3. The first-order chi connectivity index (χ1) is 13.0. The van der Waals surface area contributed by atoms with Gasteiger partial charge in [0.05, 0.1) is 28.4 Å². The van der Waals surface area contributed by atoms with Gasteiger partial charge in [-0.1, -0.05) is 18.2 Å². The summed E-state index contributed by atoms with van der Waals surface area (Å²) in [6.45, 7) is 0.107. The molecule has 136 valence electrons. The average Bonchev–Trinajstić information content (AvgIpc) is 2.65. The Balaban J connectivity index is 1.92. The highest BCUT2D eigenvalue weighted by Crippen LogP contribution is 2.15. The molecule has 4 rings (SSSR count). The normalized spacial score (nSPS) is 11.2. The molecule has 0 radical (unpaired) electrons. The summed E-state index contributed by atoms with van der Waals surface area (Å²) in [6, 6.07) is 11.3. The Morgan fingerprint density at radius 2 is 1.63 bits per heavy atom. The number of rotatable bonds is 3. The highest BCUT2D eigenvalue weighted by molar-refractivity contribution is 5.91. The maximum atomic E-state index is 13.9. The summed E-state index contributed by atoms with van der Waals surface area (Å²) in [7, 11) is 3.51. The molecule has 3 aromatic heterocycles. The molecule has 27 heavy (non-hydrogen) atoms. The maximum Gasteiger partial charge on any atom is 0.278 e. The molecule has 0 N–H and O–H groups in total. The summed E-state index contributed by atoms with van der Waals surface area (Å²) in [5.74, 6) is -0.366. The van der Waals surface area contributed by atoms with Crippen molar-refractivity contribution in [1.82, 2.24) is 14.2 Å². The number of halogens is 1. The van der Waals surface area contributed by atoms with Crippen molar-refractivity contribution < 1.29 is 4.39 Å². The fraction of sp³-hybridized carbons (Fsp3) is 0.150. The van der Waals surface area contributed by atoms with E-state index in [-0.39, 0.29) is 23.5 Å². The third-order valence-electron chi connectivity index (χ3n) is 4.53. The van der Waals surface area contributed by atoms with Gasteiger partial charge in [-0.2, -0.15) is 0 Å². The smallest absolute Gasteiger partial charge is 0.278 e. The van der Waals surface area contributed by atoms with Crippen LogP contribution in [-0.4, -0.2) is 28.3 Å². The summed E-state index contributed by atoms with van der Waals surface area (Å²) in [5, 5.41) is 2.34. The van der Waals surface area contributed by atoms with Crippen molar-refractivity contribution in [3.05, 3.63) is 86.9 Å². The molecule has 0 atom stereocenters. The van der Waals surface area contributed by atoms with E-state index in [0.717, 1.165) is 0 Å². The SMILES string of the molecule is CN(C)n1ccc2nc3ccn(Cc4ccccc4F)c(=O)c3cc2c1=O. The Bertz CT molecular complexity index is 1290. The number of aromatic nitrogens is 3. The van der Waals surface area contributed by atoms with Crippen molar-refractivity contribution in [1.29, 1.82) is 0 Å². The third kappa shape index (κ3) is 2.87. The van der Waals surface area contributed by atoms with Crippen LogP contribution < -0.4 is 16.1 Å². The molecule has 0 unspecified atom stereocenters. The number of benzene rings is 1. The number of fused-ring (bicyclic) bond motifs is 2. The first kappa shape index (κ1) is 17.0. The molecule has 4 aromatic rings. The quantitative estimate of drug-likeness (QED) is 0.523. The van der Waals surface area contributed by atoms with Crippen LogP contribution in [-0.2, 0) is 6.54 Å². The maximum absolute atomic E-state index is 13.9. The van der Waals surface area contributed by atoms with Gasteiger partial charge >= 0.3 is 0 Å². The molecule has 0 saturated heterocycles. The van der Waals surface area contributed by atoms with Crippen LogP contribution in [0, 0.1) is 5.82 Å². The average molecular weight is 364 g/mol. The fourth-order valence-electron chi connectivity index (χ4n) is 3.10. The monoisotopic (exact) mass is 364 g/mol. The van der Waals surface area contributed by atoms with E-state index in [4.69, 9.17) is 0 Å². The Labute approximate surface area is 153 Å². The van der Waals surface area contributed by atoms with Crippen LogP contribution in [0.4, 0.5) is 4.39 Å². The largest absolute Gasteiger partial charge is 0.316 e. The number of hydrogen-bond acceptors (Lipinski definition) is 4. The van der Waals surface area contributed by atoms with Crippen molar-refractivity contribution in [3.63, 3.8) is 0 Å². The van der Waals surface area contributed by atoms with Gasteiger partial charge in [0.2, 0.25) is 0 Å². The van der Waals surface area contributed by atoms with Crippen LogP contribution in [0.2, 0.25) is 0 Å². The highest BCUT2D eigenvalue weighted by Gasteiger charge is 2.11. The summed E-state index contributed by atoms with van der Waals surface area (Å²) in [4.78, 5) is 30.0. The first-order valence-corrected chi connectivity index (χ1v) is 8.42. The van der Waals surface area contributed by atoms with Gasteiger partial charge in [-0.25, -0.2) is 14.1 Å². The molecule has 1 aromatic carbocycles. The van der Waals surface area contributed by atoms with E-state index in [1.807, 2.05) is 0 Å². The first-order valence-electron chi connectivity index (χ1n) is 8.42. The van der Waals surface area contributed by atoms with Gasteiger partial charge in [-0.3, -0.25) is 9.59 Å². The summed E-state index contributed by atoms with van der Waals surface area (Å²) >= 11 is 0. The minimum Gasteiger partial charge on any atom is -0.316 e. The van der Waals surface area contributed by atoms with E-state index in [1.165, 1.54) is 15.3 Å². The van der Waals surface area contributed by atoms with E-state index in [0.29, 0.717) is 27.4 Å². The molecule has 3 heterocycles. The zero-order valence-electron chi connectivity index (χ0n) is 14.9. The topological polar surface area (TPSA) is 60.1 Å². The van der Waals surface area contributed by atoms with Gasteiger partial charge in [-0.15, -0.1) is 0 Å². The summed E-state index contributed by atoms with van der Waals surface area (Å²) in [5.41, 5.74) is 0.874. The second kappa shape index (κ2) is 6.35. The molecule has 0 aliphatic carbocycles. The Morgan fingerprint density at radius 1 is 0.963 bits per heavy atom. The van der Waals surface area contributed by atoms with Crippen molar-refractivity contribution in [3.8, 4) is 0 Å². The molecular formula is C20H17FN4O2. The van der Waals surface area contributed by atoms with E-state index in [9.17, 15) is 14.0 Å². The zero-order valence-corrected chi connectivity index (χ0v) is 14.9. The molecule has 0 spiro atoms. The summed E-state index contributed by atoms with van der Waals surface area (Å²) in [6.07, 6.45) is 3.24. The highest BCUT2D eigenvalue weighted by atomic mass is 19.1. The minimum atomic E-state index is -0.366. The van der Waals surface area contributed by atoms with E-state index < -0.39 is 0 Å². The molecule has 0 bridgehead atoms. The van der Waals surface area contributed by atoms with Gasteiger partial charge in [0.15, 0.2) is 0 Å². The molecular weight excluding hydrogens is 347 g/mol. The van der Waals surface area contributed by atoms with Crippen LogP contribution in [0.1, 0.15) is 5.56 Å². The lowest BCUT2D eigenvalue weighted by molar-refractivity contribution is 0.597. The number of hydrogen-bond donors (Lipinski definition) is 0. The molecule has 0 fully saturated rings. The van der Waals surface area contributed by atoms with Gasteiger partial charge in [0.25, 0.3) is 11.1 Å². The Kier molecular flexibility index (Phi) is 3.99. The second-order valence-electron chi connectivity index (χ2n) is 6.51. The van der Waals surface area contributed by atoms with Gasteiger partial charge < -0.3 is 9.58 Å². The molecule has 7 heteroatoms. The zero-order chi connectivity index (χ0) is 19.1. The molecule has 0 aliphatic heterocycles. The van der Waals surface area contributed by atoms with Crippen molar-refractivity contribution in [2.45, 2.75) is 6.54 Å². The summed E-state index contributed by atoms with van der Waals surface area (Å²) < 4.78 is 16.8. The van der Waals surface area contributed by atoms with Crippen LogP contribution in [0.15, 0.2) is 64.4 Å². The lowest BCUT2D eigenvalue weighted by atomic mass is 10.1.